The normalized spacial score (nSPS) is 11.4. The molecule has 1 N–H and O–H groups in total. The Balaban J connectivity index is 1.87. The van der Waals surface area contributed by atoms with Crippen LogP contribution in [0.1, 0.15) is 5.56 Å². The second-order valence-corrected chi connectivity index (χ2v) is 5.54. The molecule has 0 aliphatic heterocycles. The van der Waals surface area contributed by atoms with E-state index in [1.165, 1.54) is 11.8 Å². The molecule has 0 aliphatic carbocycles. The number of hydrogen-bond acceptors (Lipinski definition) is 5. The second-order valence-electron chi connectivity index (χ2n) is 4.59. The Morgan fingerprint density at radius 1 is 1.05 bits per heavy atom. The van der Waals surface area contributed by atoms with Crippen molar-refractivity contribution in [3.05, 3.63) is 72.6 Å². The lowest BCUT2D eigenvalue weighted by molar-refractivity contribution is 0.791. The molecule has 3 aromatic rings. The molecule has 0 saturated heterocycles. The molecule has 3 rings (SSSR count). The molecule has 1 aromatic heterocycles. The largest absolute Gasteiger partial charge is 0.311 e. The van der Waals surface area contributed by atoms with Crippen LogP contribution in [0.4, 0.5) is 5.69 Å². The van der Waals surface area contributed by atoms with Crippen molar-refractivity contribution in [2.24, 2.45) is 12.1 Å². The van der Waals surface area contributed by atoms with Crippen molar-refractivity contribution >= 4 is 22.5 Å². The highest BCUT2D eigenvalue weighted by Gasteiger charge is 2.10. The quantitative estimate of drug-likeness (QED) is 0.347. The summed E-state index contributed by atoms with van der Waals surface area (Å²) in [5, 5.41) is 14.2. The average molecular weight is 309 g/mol. The molecule has 0 unspecified atom stereocenters. The van der Waals surface area contributed by atoms with Crippen LogP contribution in [0.2, 0.25) is 0 Å². The van der Waals surface area contributed by atoms with Crippen molar-refractivity contribution in [1.29, 1.82) is 0 Å². The molecule has 1 heterocycles. The van der Waals surface area contributed by atoms with Crippen LogP contribution in [0, 0.1) is 0 Å². The van der Waals surface area contributed by atoms with Gasteiger partial charge in [-0.2, -0.15) is 5.10 Å². The fourth-order valence-corrected chi connectivity index (χ4v) is 2.60. The van der Waals surface area contributed by atoms with Crippen molar-refractivity contribution in [2.75, 3.05) is 5.43 Å². The number of thioether (sulfide) groups is 1. The van der Waals surface area contributed by atoms with E-state index in [0.29, 0.717) is 0 Å². The van der Waals surface area contributed by atoms with Crippen LogP contribution < -0.4 is 5.43 Å². The SMILES string of the molecule is Cn1cnnc1SC(=NNc1ccccc1)c1ccccc1. The summed E-state index contributed by atoms with van der Waals surface area (Å²) in [7, 11) is 1.91. The number of benzene rings is 2. The Kier molecular flexibility index (Phi) is 4.50. The van der Waals surface area contributed by atoms with Crippen LogP contribution >= 0.6 is 11.8 Å². The topological polar surface area (TPSA) is 55.1 Å². The molecular weight excluding hydrogens is 294 g/mol. The van der Waals surface area contributed by atoms with Crippen molar-refractivity contribution in [3.8, 4) is 0 Å². The van der Waals surface area contributed by atoms with Gasteiger partial charge >= 0.3 is 0 Å². The van der Waals surface area contributed by atoms with Crippen LogP contribution in [-0.2, 0) is 7.05 Å². The summed E-state index contributed by atoms with van der Waals surface area (Å²) in [5.41, 5.74) is 5.05. The highest BCUT2D eigenvalue weighted by atomic mass is 32.2. The number of nitrogens with one attached hydrogen (secondary N) is 1. The maximum absolute atomic E-state index is 4.53. The monoisotopic (exact) mass is 309 g/mol. The van der Waals surface area contributed by atoms with Gasteiger partial charge in [-0.25, -0.2) is 0 Å². The third kappa shape index (κ3) is 3.53. The minimum atomic E-state index is 0.789. The van der Waals surface area contributed by atoms with Crippen LogP contribution in [0.25, 0.3) is 0 Å². The second kappa shape index (κ2) is 6.91. The first-order valence-corrected chi connectivity index (χ1v) is 7.60. The van der Waals surface area contributed by atoms with Gasteiger partial charge in [0, 0.05) is 12.6 Å². The maximum Gasteiger partial charge on any atom is 0.197 e. The minimum Gasteiger partial charge on any atom is -0.311 e. The number of rotatable bonds is 4. The lowest BCUT2D eigenvalue weighted by Crippen LogP contribution is -2.02. The van der Waals surface area contributed by atoms with Gasteiger partial charge in [0.15, 0.2) is 5.16 Å². The van der Waals surface area contributed by atoms with Gasteiger partial charge in [0.2, 0.25) is 0 Å². The van der Waals surface area contributed by atoms with E-state index in [1.54, 1.807) is 6.33 Å². The van der Waals surface area contributed by atoms with Gasteiger partial charge in [0.25, 0.3) is 0 Å². The Labute approximate surface area is 133 Å². The van der Waals surface area contributed by atoms with Crippen molar-refractivity contribution in [2.45, 2.75) is 5.16 Å². The van der Waals surface area contributed by atoms with Crippen LogP contribution in [0.5, 0.6) is 0 Å². The zero-order valence-corrected chi connectivity index (χ0v) is 12.9. The zero-order chi connectivity index (χ0) is 15.2. The molecule has 0 fully saturated rings. The van der Waals surface area contributed by atoms with Crippen LogP contribution in [0.15, 0.2) is 77.2 Å². The summed E-state index contributed by atoms with van der Waals surface area (Å²) >= 11 is 1.47. The summed E-state index contributed by atoms with van der Waals surface area (Å²) in [5.74, 6) is 0. The Bertz CT molecular complexity index is 752. The van der Waals surface area contributed by atoms with Crippen LogP contribution in [-0.4, -0.2) is 19.8 Å². The highest BCUT2D eigenvalue weighted by molar-refractivity contribution is 8.14. The average Bonchev–Trinajstić information content (AvgIpc) is 2.98. The van der Waals surface area contributed by atoms with Gasteiger partial charge in [-0.05, 0) is 23.9 Å². The van der Waals surface area contributed by atoms with Crippen molar-refractivity contribution in [1.82, 2.24) is 14.8 Å². The smallest absolute Gasteiger partial charge is 0.197 e. The number of hydrazone groups is 1. The molecule has 5 nitrogen and oxygen atoms in total. The lowest BCUT2D eigenvalue weighted by atomic mass is 10.2. The molecule has 0 spiro atoms. The first-order valence-electron chi connectivity index (χ1n) is 6.79. The number of para-hydroxylation sites is 1. The van der Waals surface area contributed by atoms with E-state index in [0.717, 1.165) is 21.5 Å². The molecular formula is C16H15N5S. The number of nitrogens with zero attached hydrogens (tertiary/aromatic N) is 4. The third-order valence-corrected chi connectivity index (χ3v) is 4.01. The van der Waals surface area contributed by atoms with Gasteiger partial charge in [0.05, 0.1) is 5.69 Å². The molecule has 0 bridgehead atoms. The number of hydrogen-bond donors (Lipinski definition) is 1. The van der Waals surface area contributed by atoms with Gasteiger partial charge in [-0.1, -0.05) is 48.5 Å². The minimum absolute atomic E-state index is 0.789. The van der Waals surface area contributed by atoms with Gasteiger partial charge < -0.3 is 4.57 Å². The van der Waals surface area contributed by atoms with Gasteiger partial charge in [-0.3, -0.25) is 5.43 Å². The lowest BCUT2D eigenvalue weighted by Gasteiger charge is -2.07. The summed E-state index contributed by atoms with van der Waals surface area (Å²) in [4.78, 5) is 0. The predicted octanol–water partition coefficient (Wildman–Crippen LogP) is 3.38. The summed E-state index contributed by atoms with van der Waals surface area (Å²) in [6.07, 6.45) is 1.68. The number of aryl methyl sites for hydroxylation is 1. The number of anilines is 1. The first-order chi connectivity index (χ1) is 10.8. The van der Waals surface area contributed by atoms with Crippen molar-refractivity contribution in [3.63, 3.8) is 0 Å². The van der Waals surface area contributed by atoms with E-state index in [4.69, 9.17) is 0 Å². The van der Waals surface area contributed by atoms with E-state index in [9.17, 15) is 0 Å². The molecule has 22 heavy (non-hydrogen) atoms. The zero-order valence-electron chi connectivity index (χ0n) is 12.0. The molecule has 0 amide bonds. The maximum atomic E-state index is 4.53. The Morgan fingerprint density at radius 2 is 1.73 bits per heavy atom. The number of aromatic nitrogens is 3. The van der Waals surface area contributed by atoms with Gasteiger partial charge in [-0.15, -0.1) is 10.2 Å². The Morgan fingerprint density at radius 3 is 2.36 bits per heavy atom. The van der Waals surface area contributed by atoms with Gasteiger partial charge in [0.1, 0.15) is 11.4 Å². The molecule has 6 heteroatoms. The fourth-order valence-electron chi connectivity index (χ4n) is 1.81. The van der Waals surface area contributed by atoms with Crippen molar-refractivity contribution < 1.29 is 0 Å². The highest BCUT2D eigenvalue weighted by Crippen LogP contribution is 2.21. The standard InChI is InChI=1S/C16H15N5S/c1-21-12-17-20-16(21)22-15(13-8-4-2-5-9-13)19-18-14-10-6-3-7-11-14/h2-12,18H,1H3. The van der Waals surface area contributed by atoms with E-state index in [2.05, 4.69) is 20.7 Å². The fraction of sp³-hybridized carbons (Fsp3) is 0.0625. The molecule has 110 valence electrons. The molecule has 2 aromatic carbocycles. The molecule has 0 radical (unpaired) electrons. The summed E-state index contributed by atoms with van der Waals surface area (Å²) < 4.78 is 1.87. The first kappa shape index (κ1) is 14.3. The summed E-state index contributed by atoms with van der Waals surface area (Å²) in [6, 6.07) is 19.9. The van der Waals surface area contributed by atoms with E-state index in [-0.39, 0.29) is 0 Å². The van der Waals surface area contributed by atoms with E-state index in [1.807, 2.05) is 72.3 Å². The Hall–Kier alpha value is -2.60. The molecule has 0 aliphatic rings. The molecule has 0 atom stereocenters. The third-order valence-electron chi connectivity index (χ3n) is 2.94. The predicted molar refractivity (Wildman–Crippen MR) is 89.9 cm³/mol. The summed E-state index contributed by atoms with van der Waals surface area (Å²) in [6.45, 7) is 0. The van der Waals surface area contributed by atoms with E-state index >= 15 is 0 Å². The van der Waals surface area contributed by atoms with Crippen LogP contribution in [0.3, 0.4) is 0 Å². The molecule has 0 saturated carbocycles. The van der Waals surface area contributed by atoms with E-state index < -0.39 is 0 Å².